The Balaban J connectivity index is 1.93. The number of hydrogen-bond donors (Lipinski definition) is 0. The lowest BCUT2D eigenvalue weighted by Crippen LogP contribution is -2.29. The van der Waals surface area contributed by atoms with Crippen LogP contribution >= 0.6 is 7.92 Å². The first-order valence-corrected chi connectivity index (χ1v) is 11.3. The van der Waals surface area contributed by atoms with Gasteiger partial charge in [0, 0.05) is 23.0 Å². The van der Waals surface area contributed by atoms with Gasteiger partial charge in [0.25, 0.3) is 0 Å². The molecule has 0 bridgehead atoms. The maximum atomic E-state index is 4.85. The van der Waals surface area contributed by atoms with Crippen molar-refractivity contribution in [2.45, 2.75) is 25.9 Å². The molecule has 4 rings (SSSR count). The summed E-state index contributed by atoms with van der Waals surface area (Å²) >= 11 is 0. The van der Waals surface area contributed by atoms with Gasteiger partial charge >= 0.3 is 0 Å². The van der Waals surface area contributed by atoms with Crippen LogP contribution in [0.25, 0.3) is 0 Å². The van der Waals surface area contributed by atoms with Gasteiger partial charge in [0.15, 0.2) is 0 Å². The second kappa shape index (κ2) is 8.25. The molecule has 140 valence electrons. The molecule has 0 saturated carbocycles. The normalized spacial score (nSPS) is 14.9. The molecule has 2 heteroatoms. The lowest BCUT2D eigenvalue weighted by molar-refractivity contribution is 0.435. The predicted molar refractivity (Wildman–Crippen MR) is 122 cm³/mol. The highest BCUT2D eigenvalue weighted by Crippen LogP contribution is 2.60. The van der Waals surface area contributed by atoms with Gasteiger partial charge in [-0.2, -0.15) is 0 Å². The summed E-state index contributed by atoms with van der Waals surface area (Å²) in [4.78, 5) is 4.85. The van der Waals surface area contributed by atoms with Crippen LogP contribution in [0.3, 0.4) is 0 Å². The zero-order valence-corrected chi connectivity index (χ0v) is 17.4. The summed E-state index contributed by atoms with van der Waals surface area (Å²) in [5.41, 5.74) is 2.84. The molecule has 0 fully saturated rings. The fourth-order valence-corrected chi connectivity index (χ4v) is 7.17. The third-order valence-corrected chi connectivity index (χ3v) is 8.63. The number of pyridine rings is 1. The molecule has 3 aromatic rings. The van der Waals surface area contributed by atoms with Crippen LogP contribution in [0.1, 0.15) is 31.6 Å². The van der Waals surface area contributed by atoms with E-state index in [0.717, 1.165) is 6.42 Å². The molecule has 1 aromatic heterocycles. The van der Waals surface area contributed by atoms with E-state index in [1.807, 2.05) is 12.3 Å². The number of allylic oxidation sites excluding steroid dienone is 4. The third kappa shape index (κ3) is 3.73. The maximum Gasteiger partial charge on any atom is 0.0492 e. The van der Waals surface area contributed by atoms with E-state index in [0.29, 0.717) is 0 Å². The lowest BCUT2D eigenvalue weighted by Gasteiger charge is -2.41. The van der Waals surface area contributed by atoms with Crippen molar-refractivity contribution in [2.24, 2.45) is 5.41 Å². The molecule has 0 N–H and O–H groups in total. The molecule has 0 amide bonds. The summed E-state index contributed by atoms with van der Waals surface area (Å²) in [6, 6.07) is 28.3. The monoisotopic (exact) mass is 383 g/mol. The highest BCUT2D eigenvalue weighted by Gasteiger charge is 2.41. The van der Waals surface area contributed by atoms with Gasteiger partial charge in [-0.15, -0.1) is 0 Å². The average molecular weight is 383 g/mol. The second-order valence-corrected chi connectivity index (χ2v) is 10.0. The molecule has 0 radical (unpaired) electrons. The zero-order chi connectivity index (χ0) is 19.4. The molecule has 1 aliphatic rings. The largest absolute Gasteiger partial charge is 0.261 e. The molecule has 0 spiro atoms. The average Bonchev–Trinajstić information content (AvgIpc) is 3.30. The van der Waals surface area contributed by atoms with E-state index in [4.69, 9.17) is 4.98 Å². The topological polar surface area (TPSA) is 12.9 Å². The first kappa shape index (κ1) is 18.8. The summed E-state index contributed by atoms with van der Waals surface area (Å²) < 4.78 is 0. The van der Waals surface area contributed by atoms with Gasteiger partial charge < -0.3 is 0 Å². The molecule has 1 aliphatic carbocycles. The summed E-state index contributed by atoms with van der Waals surface area (Å²) in [6.45, 7) is 4.77. The Bertz CT molecular complexity index is 920. The Morgan fingerprint density at radius 1 is 0.821 bits per heavy atom. The third-order valence-electron chi connectivity index (χ3n) is 5.49. The Kier molecular flexibility index (Phi) is 5.55. The van der Waals surface area contributed by atoms with Gasteiger partial charge in [0.2, 0.25) is 0 Å². The fourth-order valence-electron chi connectivity index (χ4n) is 4.08. The van der Waals surface area contributed by atoms with Crippen LogP contribution in [0.2, 0.25) is 0 Å². The van der Waals surface area contributed by atoms with Crippen LogP contribution < -0.4 is 10.6 Å². The first-order chi connectivity index (χ1) is 13.7. The number of nitrogens with zero attached hydrogens (tertiary/aromatic N) is 1. The number of benzene rings is 2. The predicted octanol–water partition coefficient (Wildman–Crippen LogP) is 6.17. The Hall–Kier alpha value is -2.50. The minimum Gasteiger partial charge on any atom is -0.261 e. The second-order valence-electron chi connectivity index (χ2n) is 7.72. The highest BCUT2D eigenvalue weighted by molar-refractivity contribution is 7.73. The summed E-state index contributed by atoms with van der Waals surface area (Å²) in [5, 5.41) is 2.80. The summed E-state index contributed by atoms with van der Waals surface area (Å²) in [7, 11) is -0.632. The van der Waals surface area contributed by atoms with Crippen LogP contribution in [-0.4, -0.2) is 4.98 Å². The zero-order valence-electron chi connectivity index (χ0n) is 16.5. The SMILES string of the molecule is CC(C)(C1=CCC=C1)C(c1ccccn1)P(c1ccccc1)c1ccccc1. The minimum absolute atomic E-state index is 0.0290. The van der Waals surface area contributed by atoms with Crippen LogP contribution in [0.5, 0.6) is 0 Å². The standard InChI is InChI=1S/C26H26NP/c1-26(2,21-13-9-10-14-21)25(24-19-11-12-20-27-24)28(22-15-5-3-6-16-22)23-17-7-4-8-18-23/h3-9,11-20,25H,10H2,1-2H3. The number of rotatable bonds is 6. The van der Waals surface area contributed by atoms with Crippen molar-refractivity contribution in [3.63, 3.8) is 0 Å². The van der Waals surface area contributed by atoms with Crippen molar-refractivity contribution < 1.29 is 0 Å². The van der Waals surface area contributed by atoms with Crippen molar-refractivity contribution in [2.75, 3.05) is 0 Å². The Morgan fingerprint density at radius 2 is 1.43 bits per heavy atom. The van der Waals surface area contributed by atoms with E-state index < -0.39 is 7.92 Å². The van der Waals surface area contributed by atoms with E-state index in [2.05, 4.69) is 105 Å². The van der Waals surface area contributed by atoms with Crippen LogP contribution in [-0.2, 0) is 0 Å². The number of aromatic nitrogens is 1. The van der Waals surface area contributed by atoms with E-state index in [1.54, 1.807) is 0 Å². The quantitative estimate of drug-likeness (QED) is 0.464. The van der Waals surface area contributed by atoms with Gasteiger partial charge in [0.05, 0.1) is 0 Å². The van der Waals surface area contributed by atoms with Crippen molar-refractivity contribution in [3.8, 4) is 0 Å². The first-order valence-electron chi connectivity index (χ1n) is 9.85. The van der Waals surface area contributed by atoms with E-state index >= 15 is 0 Å². The van der Waals surface area contributed by atoms with Crippen molar-refractivity contribution >= 4 is 18.5 Å². The van der Waals surface area contributed by atoms with Crippen molar-refractivity contribution in [1.29, 1.82) is 0 Å². The minimum atomic E-state index is -0.632. The molecule has 1 unspecified atom stereocenters. The van der Waals surface area contributed by atoms with E-state index in [1.165, 1.54) is 21.9 Å². The Morgan fingerprint density at radius 3 is 1.93 bits per heavy atom. The van der Waals surface area contributed by atoms with Gasteiger partial charge in [-0.1, -0.05) is 98.8 Å². The number of hydrogen-bond acceptors (Lipinski definition) is 1. The molecule has 0 aliphatic heterocycles. The summed E-state index contributed by atoms with van der Waals surface area (Å²) in [6.07, 6.45) is 9.90. The highest BCUT2D eigenvalue weighted by atomic mass is 31.1. The van der Waals surface area contributed by atoms with E-state index in [-0.39, 0.29) is 11.1 Å². The van der Waals surface area contributed by atoms with Gasteiger partial charge in [0.1, 0.15) is 0 Å². The van der Waals surface area contributed by atoms with Crippen molar-refractivity contribution in [1.82, 2.24) is 4.98 Å². The molecule has 1 heterocycles. The molecule has 0 saturated heterocycles. The lowest BCUT2D eigenvalue weighted by atomic mass is 9.79. The van der Waals surface area contributed by atoms with Crippen molar-refractivity contribution in [3.05, 3.63) is 115 Å². The maximum absolute atomic E-state index is 4.85. The van der Waals surface area contributed by atoms with Gasteiger partial charge in [-0.3, -0.25) is 4.98 Å². The van der Waals surface area contributed by atoms with Crippen LogP contribution in [0.4, 0.5) is 0 Å². The van der Waals surface area contributed by atoms with E-state index in [9.17, 15) is 0 Å². The van der Waals surface area contributed by atoms with Gasteiger partial charge in [-0.05, 0) is 42.7 Å². The molecule has 28 heavy (non-hydrogen) atoms. The van der Waals surface area contributed by atoms with Crippen LogP contribution in [0, 0.1) is 5.41 Å². The smallest absolute Gasteiger partial charge is 0.0492 e. The molecular formula is C26H26NP. The molecule has 1 nitrogen and oxygen atoms in total. The fraction of sp³-hybridized carbons (Fsp3) is 0.192. The molecule has 2 aromatic carbocycles. The Labute approximate surface area is 169 Å². The van der Waals surface area contributed by atoms with Crippen LogP contribution in [0.15, 0.2) is 109 Å². The summed E-state index contributed by atoms with van der Waals surface area (Å²) in [5.74, 6) is 0. The van der Waals surface area contributed by atoms with Gasteiger partial charge in [-0.25, -0.2) is 0 Å². The molecular weight excluding hydrogens is 357 g/mol. The molecule has 1 atom stereocenters.